The Labute approximate surface area is 150 Å². The summed E-state index contributed by atoms with van der Waals surface area (Å²) in [6.45, 7) is 5.25. The lowest BCUT2D eigenvalue weighted by Crippen LogP contribution is -2.09. The lowest BCUT2D eigenvalue weighted by molar-refractivity contribution is 0.0986. The predicted molar refractivity (Wildman–Crippen MR) is 95.0 cm³/mol. The zero-order valence-electron chi connectivity index (χ0n) is 14.8. The highest BCUT2D eigenvalue weighted by Gasteiger charge is 2.13. The third-order valence-corrected chi connectivity index (χ3v) is 3.75. The third-order valence-electron chi connectivity index (χ3n) is 3.75. The van der Waals surface area contributed by atoms with Crippen LogP contribution in [0.1, 0.15) is 33.3 Å². The fourth-order valence-corrected chi connectivity index (χ4v) is 2.44. The molecule has 0 saturated carbocycles. The molecule has 5 nitrogen and oxygen atoms in total. The lowest BCUT2D eigenvalue weighted by Gasteiger charge is -2.09. The van der Waals surface area contributed by atoms with E-state index >= 15 is 0 Å². The molecule has 0 saturated heterocycles. The van der Waals surface area contributed by atoms with Crippen molar-refractivity contribution in [3.63, 3.8) is 0 Å². The summed E-state index contributed by atoms with van der Waals surface area (Å²) in [7, 11) is 0. The van der Waals surface area contributed by atoms with Gasteiger partial charge in [0.15, 0.2) is 5.78 Å². The van der Waals surface area contributed by atoms with Gasteiger partial charge in [-0.2, -0.15) is 0 Å². The Bertz CT molecular complexity index is 956. The third kappa shape index (κ3) is 4.27. The number of ketones is 1. The average molecular weight is 351 g/mol. The van der Waals surface area contributed by atoms with E-state index in [2.05, 4.69) is 15.0 Å². The molecule has 0 aliphatic carbocycles. The molecule has 0 aliphatic rings. The molecule has 3 aromatic rings. The summed E-state index contributed by atoms with van der Waals surface area (Å²) in [6, 6.07) is 9.81. The Kier molecular flexibility index (Phi) is 5.02. The summed E-state index contributed by atoms with van der Waals surface area (Å²) in [6.07, 6.45) is 1.67. The van der Waals surface area contributed by atoms with Crippen LogP contribution in [0.4, 0.5) is 4.39 Å². The number of carbonyl (C=O) groups excluding carboxylic acids is 1. The Balaban J connectivity index is 1.80. The minimum Gasteiger partial charge on any atom is -0.456 e. The van der Waals surface area contributed by atoms with Gasteiger partial charge in [-0.1, -0.05) is 0 Å². The number of halogens is 1. The second-order valence-corrected chi connectivity index (χ2v) is 6.04. The van der Waals surface area contributed by atoms with Crippen molar-refractivity contribution >= 4 is 5.78 Å². The van der Waals surface area contributed by atoms with Gasteiger partial charge < -0.3 is 4.74 Å². The minimum absolute atomic E-state index is 0.0447. The van der Waals surface area contributed by atoms with Crippen LogP contribution < -0.4 is 4.74 Å². The van der Waals surface area contributed by atoms with Gasteiger partial charge in [-0.15, -0.1) is 0 Å². The summed E-state index contributed by atoms with van der Waals surface area (Å²) in [5, 5.41) is 0. The van der Waals surface area contributed by atoms with Gasteiger partial charge in [-0.3, -0.25) is 14.8 Å². The largest absolute Gasteiger partial charge is 0.456 e. The van der Waals surface area contributed by atoms with Crippen LogP contribution in [0.25, 0.3) is 0 Å². The summed E-state index contributed by atoms with van der Waals surface area (Å²) < 4.78 is 19.1. The van der Waals surface area contributed by atoms with Crippen molar-refractivity contribution in [1.29, 1.82) is 0 Å². The molecule has 0 aliphatic heterocycles. The van der Waals surface area contributed by atoms with E-state index in [0.717, 1.165) is 5.69 Å². The van der Waals surface area contributed by atoms with Gasteiger partial charge in [0.05, 0.1) is 18.3 Å². The highest BCUT2D eigenvalue weighted by molar-refractivity contribution is 5.95. The maximum Gasteiger partial charge on any atom is 0.187 e. The first-order valence-corrected chi connectivity index (χ1v) is 8.15. The Hall–Kier alpha value is -3.15. The van der Waals surface area contributed by atoms with Crippen LogP contribution in [-0.2, 0) is 6.42 Å². The number of pyridine rings is 3. The molecule has 0 unspecified atom stereocenters. The smallest absolute Gasteiger partial charge is 0.187 e. The Morgan fingerprint density at radius 1 is 1.00 bits per heavy atom. The number of hydrogen-bond donors (Lipinski definition) is 0. The van der Waals surface area contributed by atoms with Crippen molar-refractivity contribution in [2.75, 3.05) is 0 Å². The summed E-state index contributed by atoms with van der Waals surface area (Å²) in [5.74, 6) is 0.488. The molecule has 0 bridgehead atoms. The number of ether oxygens (including phenoxy) is 1. The van der Waals surface area contributed by atoms with Gasteiger partial charge in [0.1, 0.15) is 23.0 Å². The molecule has 3 aromatic heterocycles. The van der Waals surface area contributed by atoms with Gasteiger partial charge in [-0.25, -0.2) is 9.37 Å². The van der Waals surface area contributed by atoms with E-state index in [9.17, 15) is 9.18 Å². The van der Waals surface area contributed by atoms with Crippen LogP contribution in [0.5, 0.6) is 11.5 Å². The van der Waals surface area contributed by atoms with Gasteiger partial charge in [0.2, 0.25) is 0 Å². The van der Waals surface area contributed by atoms with Crippen molar-refractivity contribution in [1.82, 2.24) is 15.0 Å². The maximum atomic E-state index is 13.3. The molecule has 3 rings (SSSR count). The molecule has 0 radical (unpaired) electrons. The summed E-state index contributed by atoms with van der Waals surface area (Å²) in [4.78, 5) is 25.1. The van der Waals surface area contributed by atoms with Gasteiger partial charge in [0, 0.05) is 29.2 Å². The topological polar surface area (TPSA) is 65.0 Å². The van der Waals surface area contributed by atoms with Crippen molar-refractivity contribution < 1.29 is 13.9 Å². The van der Waals surface area contributed by atoms with Crippen LogP contribution in [-0.4, -0.2) is 20.7 Å². The van der Waals surface area contributed by atoms with Crippen molar-refractivity contribution in [3.8, 4) is 11.5 Å². The van der Waals surface area contributed by atoms with E-state index in [4.69, 9.17) is 4.74 Å². The second-order valence-electron chi connectivity index (χ2n) is 6.04. The molecule has 3 heterocycles. The first-order valence-electron chi connectivity index (χ1n) is 8.15. The number of nitrogens with zero attached hydrogens (tertiary/aromatic N) is 3. The molecule has 0 spiro atoms. The number of aryl methyl sites for hydroxylation is 3. The van der Waals surface area contributed by atoms with E-state index < -0.39 is 5.82 Å². The van der Waals surface area contributed by atoms with Crippen LogP contribution in [0, 0.1) is 26.6 Å². The normalized spacial score (nSPS) is 10.6. The van der Waals surface area contributed by atoms with E-state index in [1.54, 1.807) is 32.2 Å². The molecule has 0 N–H and O–H groups in total. The minimum atomic E-state index is -0.391. The first kappa shape index (κ1) is 17.7. The van der Waals surface area contributed by atoms with Gasteiger partial charge in [0.25, 0.3) is 0 Å². The van der Waals surface area contributed by atoms with E-state index in [-0.39, 0.29) is 23.6 Å². The van der Waals surface area contributed by atoms with Gasteiger partial charge >= 0.3 is 0 Å². The SMILES string of the molecule is Cc1ccc(Oc2cc(C)nc(C(=O)Cc3ccc(F)c(C)n3)c2)cn1. The fourth-order valence-electron chi connectivity index (χ4n) is 2.44. The molecular formula is C20H18FN3O2. The standard InChI is InChI=1S/C20H18FN3O2/c1-12-4-6-16(11-22-12)26-17-8-13(2)23-19(10-17)20(25)9-15-5-7-18(21)14(3)24-15/h4-8,10-11H,9H2,1-3H3. The molecule has 26 heavy (non-hydrogen) atoms. The lowest BCUT2D eigenvalue weighted by atomic mass is 10.1. The zero-order chi connectivity index (χ0) is 18.7. The highest BCUT2D eigenvalue weighted by Crippen LogP contribution is 2.22. The maximum absolute atomic E-state index is 13.3. The Morgan fingerprint density at radius 3 is 2.50 bits per heavy atom. The van der Waals surface area contributed by atoms with Crippen molar-refractivity contribution in [2.45, 2.75) is 27.2 Å². The van der Waals surface area contributed by atoms with Gasteiger partial charge in [-0.05, 0) is 45.0 Å². The molecule has 0 atom stereocenters. The second kappa shape index (κ2) is 7.39. The Morgan fingerprint density at radius 2 is 1.81 bits per heavy atom. The van der Waals surface area contributed by atoms with E-state index in [1.807, 2.05) is 19.1 Å². The molecule has 132 valence electrons. The molecule has 6 heteroatoms. The van der Waals surface area contributed by atoms with Crippen LogP contribution in [0.3, 0.4) is 0 Å². The van der Waals surface area contributed by atoms with Crippen LogP contribution in [0.2, 0.25) is 0 Å². The fraction of sp³-hybridized carbons (Fsp3) is 0.200. The highest BCUT2D eigenvalue weighted by atomic mass is 19.1. The molecular weight excluding hydrogens is 333 g/mol. The summed E-state index contributed by atoms with van der Waals surface area (Å²) in [5.41, 5.74) is 2.60. The van der Waals surface area contributed by atoms with E-state index in [1.165, 1.54) is 12.1 Å². The molecule has 0 fully saturated rings. The average Bonchev–Trinajstić information content (AvgIpc) is 2.60. The predicted octanol–water partition coefficient (Wildman–Crippen LogP) is 4.15. The number of hydrogen-bond acceptors (Lipinski definition) is 5. The first-order chi connectivity index (χ1) is 12.4. The quantitative estimate of drug-likeness (QED) is 0.646. The molecule has 0 amide bonds. The number of carbonyl (C=O) groups is 1. The monoisotopic (exact) mass is 351 g/mol. The van der Waals surface area contributed by atoms with Crippen molar-refractivity contribution in [3.05, 3.63) is 76.9 Å². The number of aromatic nitrogens is 3. The molecule has 0 aromatic carbocycles. The zero-order valence-corrected chi connectivity index (χ0v) is 14.8. The number of Topliss-reactive ketones (excluding diaryl/α,β-unsaturated/α-hetero) is 1. The van der Waals surface area contributed by atoms with Crippen LogP contribution in [0.15, 0.2) is 42.6 Å². The number of rotatable bonds is 5. The van der Waals surface area contributed by atoms with Crippen LogP contribution >= 0.6 is 0 Å². The summed E-state index contributed by atoms with van der Waals surface area (Å²) >= 11 is 0. The van der Waals surface area contributed by atoms with Crippen molar-refractivity contribution in [2.24, 2.45) is 0 Å². The van der Waals surface area contributed by atoms with E-state index in [0.29, 0.717) is 22.9 Å².